The lowest BCUT2D eigenvalue weighted by atomic mass is 10.1. The van der Waals surface area contributed by atoms with Crippen molar-refractivity contribution in [3.8, 4) is 11.4 Å². The zero-order chi connectivity index (χ0) is 17.8. The van der Waals surface area contributed by atoms with E-state index in [1.807, 2.05) is 13.0 Å². The number of unbranched alkanes of at least 4 members (excludes halogenated alkanes) is 1. The molecule has 0 amide bonds. The Hall–Kier alpha value is -2.47. The molecular weight excluding hydrogens is 384 g/mol. The van der Waals surface area contributed by atoms with Gasteiger partial charge in [0.1, 0.15) is 5.82 Å². The second-order valence-corrected chi connectivity index (χ2v) is 6.47. The minimum atomic E-state index is -0.360. The second-order valence-electron chi connectivity index (χ2n) is 5.62. The maximum atomic E-state index is 12.2. The first-order valence-electron chi connectivity index (χ1n) is 8.06. The number of halogens is 1. The van der Waals surface area contributed by atoms with E-state index < -0.39 is 0 Å². The number of H-pyrrole nitrogens is 1. The lowest BCUT2D eigenvalue weighted by molar-refractivity contribution is 0.0499. The Bertz CT molecular complexity index is 982. The topological polar surface area (TPSA) is 72.0 Å². The van der Waals surface area contributed by atoms with Crippen molar-refractivity contribution in [3.63, 3.8) is 0 Å². The zero-order valence-electron chi connectivity index (χ0n) is 13.7. The van der Waals surface area contributed by atoms with Gasteiger partial charge in [0.15, 0.2) is 0 Å². The number of carbonyl (C=O) groups is 1. The van der Waals surface area contributed by atoms with Crippen molar-refractivity contribution in [2.24, 2.45) is 0 Å². The van der Waals surface area contributed by atoms with Gasteiger partial charge in [-0.3, -0.25) is 4.79 Å². The Morgan fingerprint density at radius 1 is 1.24 bits per heavy atom. The molecule has 6 heteroatoms. The highest BCUT2D eigenvalue weighted by Gasteiger charge is 2.13. The van der Waals surface area contributed by atoms with Crippen LogP contribution in [-0.2, 0) is 4.74 Å². The molecule has 0 aliphatic carbocycles. The lowest BCUT2D eigenvalue weighted by Gasteiger charge is -2.08. The quantitative estimate of drug-likeness (QED) is 0.511. The average molecular weight is 401 g/mol. The number of para-hydroxylation sites is 1. The maximum absolute atomic E-state index is 12.2. The zero-order valence-corrected chi connectivity index (χ0v) is 15.3. The Morgan fingerprint density at radius 3 is 2.80 bits per heavy atom. The Balaban J connectivity index is 1.93. The van der Waals surface area contributed by atoms with Crippen molar-refractivity contribution < 1.29 is 9.53 Å². The molecule has 5 nitrogen and oxygen atoms in total. The van der Waals surface area contributed by atoms with E-state index in [4.69, 9.17) is 4.74 Å². The van der Waals surface area contributed by atoms with Crippen LogP contribution in [0.15, 0.2) is 51.7 Å². The fraction of sp³-hybridized carbons (Fsp3) is 0.211. The number of benzene rings is 2. The first-order valence-corrected chi connectivity index (χ1v) is 8.85. The van der Waals surface area contributed by atoms with Crippen LogP contribution >= 0.6 is 15.9 Å². The molecule has 0 unspecified atom stereocenters. The van der Waals surface area contributed by atoms with E-state index in [2.05, 4.69) is 25.9 Å². The van der Waals surface area contributed by atoms with E-state index in [1.165, 1.54) is 0 Å². The third kappa shape index (κ3) is 3.79. The molecule has 25 heavy (non-hydrogen) atoms. The molecule has 1 heterocycles. The number of fused-ring (bicyclic) bond motifs is 1. The van der Waals surface area contributed by atoms with Crippen LogP contribution in [0.3, 0.4) is 0 Å². The first-order chi connectivity index (χ1) is 12.1. The van der Waals surface area contributed by atoms with Crippen LogP contribution < -0.4 is 5.56 Å². The summed E-state index contributed by atoms with van der Waals surface area (Å²) in [6.45, 7) is 2.45. The molecule has 0 aliphatic rings. The number of nitrogens with one attached hydrogen (secondary N) is 1. The van der Waals surface area contributed by atoms with Crippen LogP contribution in [0.5, 0.6) is 0 Å². The Labute approximate surface area is 153 Å². The number of rotatable bonds is 5. The Morgan fingerprint density at radius 2 is 2.04 bits per heavy atom. The van der Waals surface area contributed by atoms with Gasteiger partial charge in [0, 0.05) is 10.0 Å². The van der Waals surface area contributed by atoms with Crippen molar-refractivity contribution in [2.75, 3.05) is 6.61 Å². The first kappa shape index (κ1) is 17.4. The maximum Gasteiger partial charge on any atom is 0.338 e. The highest BCUT2D eigenvalue weighted by atomic mass is 79.9. The third-order valence-electron chi connectivity index (χ3n) is 3.80. The molecule has 0 spiro atoms. The van der Waals surface area contributed by atoms with E-state index in [0.29, 0.717) is 38.9 Å². The van der Waals surface area contributed by atoms with Crippen molar-refractivity contribution >= 4 is 32.8 Å². The van der Waals surface area contributed by atoms with E-state index in [0.717, 1.165) is 12.8 Å². The van der Waals surface area contributed by atoms with Crippen LogP contribution in [0.4, 0.5) is 0 Å². The normalized spacial score (nSPS) is 10.8. The highest BCUT2D eigenvalue weighted by Crippen LogP contribution is 2.27. The van der Waals surface area contributed by atoms with Crippen molar-refractivity contribution in [1.82, 2.24) is 9.97 Å². The molecule has 0 fully saturated rings. The molecule has 0 bridgehead atoms. The van der Waals surface area contributed by atoms with Gasteiger partial charge < -0.3 is 9.72 Å². The van der Waals surface area contributed by atoms with Gasteiger partial charge in [-0.2, -0.15) is 0 Å². The van der Waals surface area contributed by atoms with E-state index in [-0.39, 0.29) is 11.5 Å². The molecule has 0 aliphatic heterocycles. The van der Waals surface area contributed by atoms with Gasteiger partial charge >= 0.3 is 5.97 Å². The van der Waals surface area contributed by atoms with Gasteiger partial charge in [-0.1, -0.05) is 41.4 Å². The third-order valence-corrected chi connectivity index (χ3v) is 4.46. The summed E-state index contributed by atoms with van der Waals surface area (Å²) < 4.78 is 5.88. The van der Waals surface area contributed by atoms with E-state index >= 15 is 0 Å². The van der Waals surface area contributed by atoms with Crippen LogP contribution in [-0.4, -0.2) is 22.5 Å². The standard InChI is InChI=1S/C19H17BrN2O3/c1-2-3-10-25-19(24)12-8-9-13(15(20)11-12)17-21-16-7-5-4-6-14(16)18(23)22-17/h4-9,11H,2-3,10H2,1H3,(H,21,22,23). The van der Waals surface area contributed by atoms with E-state index in [9.17, 15) is 9.59 Å². The molecule has 1 N–H and O–H groups in total. The highest BCUT2D eigenvalue weighted by molar-refractivity contribution is 9.10. The molecule has 1 aromatic heterocycles. The fourth-order valence-corrected chi connectivity index (χ4v) is 3.01. The number of aromatic nitrogens is 2. The van der Waals surface area contributed by atoms with Crippen molar-refractivity contribution in [1.29, 1.82) is 0 Å². The summed E-state index contributed by atoms with van der Waals surface area (Å²) in [5, 5.41) is 0.540. The molecule has 0 saturated heterocycles. The van der Waals surface area contributed by atoms with Crippen LogP contribution in [0, 0.1) is 0 Å². The van der Waals surface area contributed by atoms with Crippen LogP contribution in [0.2, 0.25) is 0 Å². The Kier molecular flexibility index (Phi) is 5.28. The molecule has 3 rings (SSSR count). The molecular formula is C19H17BrN2O3. The molecule has 0 radical (unpaired) electrons. The number of hydrogen-bond donors (Lipinski definition) is 1. The van der Waals surface area contributed by atoms with Crippen molar-refractivity contribution in [2.45, 2.75) is 19.8 Å². The number of aromatic amines is 1. The van der Waals surface area contributed by atoms with Gasteiger partial charge in [-0.25, -0.2) is 9.78 Å². The van der Waals surface area contributed by atoms with Gasteiger partial charge in [0.25, 0.3) is 5.56 Å². The summed E-state index contributed by atoms with van der Waals surface area (Å²) in [5.74, 6) is 0.0853. The van der Waals surface area contributed by atoms with Gasteiger partial charge in [0.2, 0.25) is 0 Å². The fourth-order valence-electron chi connectivity index (χ4n) is 2.44. The summed E-state index contributed by atoms with van der Waals surface area (Å²) in [5.41, 5.74) is 1.58. The summed E-state index contributed by atoms with van der Waals surface area (Å²) in [7, 11) is 0. The van der Waals surface area contributed by atoms with Gasteiger partial charge in [0.05, 0.1) is 23.1 Å². The molecule has 2 aromatic carbocycles. The predicted octanol–water partition coefficient (Wildman–Crippen LogP) is 4.31. The molecule has 0 atom stereocenters. The SMILES string of the molecule is CCCCOC(=O)c1ccc(-c2nc3ccccc3c(=O)[nH]2)c(Br)c1. The van der Waals surface area contributed by atoms with Gasteiger partial charge in [-0.05, 0) is 36.8 Å². The largest absolute Gasteiger partial charge is 0.462 e. The summed E-state index contributed by atoms with van der Waals surface area (Å²) in [6, 6.07) is 12.3. The molecule has 3 aromatic rings. The lowest BCUT2D eigenvalue weighted by Crippen LogP contribution is -2.10. The average Bonchev–Trinajstić information content (AvgIpc) is 2.61. The second kappa shape index (κ2) is 7.61. The number of carbonyl (C=O) groups excluding carboxylic acids is 1. The van der Waals surface area contributed by atoms with Crippen molar-refractivity contribution in [3.05, 3.63) is 62.9 Å². The summed E-state index contributed by atoms with van der Waals surface area (Å²) in [4.78, 5) is 31.5. The van der Waals surface area contributed by atoms with Crippen LogP contribution in [0.1, 0.15) is 30.1 Å². The monoisotopic (exact) mass is 400 g/mol. The van der Waals surface area contributed by atoms with E-state index in [1.54, 1.807) is 36.4 Å². The number of esters is 1. The minimum Gasteiger partial charge on any atom is -0.462 e. The molecule has 0 saturated carbocycles. The summed E-state index contributed by atoms with van der Waals surface area (Å²) >= 11 is 3.45. The number of ether oxygens (including phenoxy) is 1. The van der Waals surface area contributed by atoms with Gasteiger partial charge in [-0.15, -0.1) is 0 Å². The predicted molar refractivity (Wildman–Crippen MR) is 101 cm³/mol. The molecule has 128 valence electrons. The summed E-state index contributed by atoms with van der Waals surface area (Å²) in [6.07, 6.45) is 1.81. The number of nitrogens with zero attached hydrogens (tertiary/aromatic N) is 1. The minimum absolute atomic E-state index is 0.199. The van der Waals surface area contributed by atoms with Crippen LogP contribution in [0.25, 0.3) is 22.3 Å². The smallest absolute Gasteiger partial charge is 0.338 e. The number of hydrogen-bond acceptors (Lipinski definition) is 4.